The standard InChI is InChI=1S/C31H23N3OS/c1-35-27-18-14-23(15-19-27)29-21-20-28(30-31(29)33-36-32-30)22-12-16-26(17-13-22)34(24-8-4-2-5-9-24)25-10-6-3-7-11-25/h2-21H,1H3. The van der Waals surface area contributed by atoms with Crippen LogP contribution in [-0.4, -0.2) is 15.9 Å². The summed E-state index contributed by atoms with van der Waals surface area (Å²) in [5, 5.41) is 0. The second-order valence-corrected chi connectivity index (χ2v) is 8.93. The fourth-order valence-corrected chi connectivity index (χ4v) is 5.07. The molecule has 0 N–H and O–H groups in total. The third-order valence-corrected chi connectivity index (χ3v) is 6.81. The first-order valence-electron chi connectivity index (χ1n) is 11.7. The largest absolute Gasteiger partial charge is 0.497 e. The quantitative estimate of drug-likeness (QED) is 0.237. The van der Waals surface area contributed by atoms with E-state index >= 15 is 0 Å². The fraction of sp³-hybridized carbons (Fsp3) is 0.0323. The van der Waals surface area contributed by atoms with Crippen molar-refractivity contribution in [1.82, 2.24) is 8.75 Å². The second kappa shape index (κ2) is 9.64. The van der Waals surface area contributed by atoms with Crippen molar-refractivity contribution in [3.8, 4) is 28.0 Å². The average Bonchev–Trinajstić information content (AvgIpc) is 3.45. The molecule has 5 heteroatoms. The maximum absolute atomic E-state index is 5.31. The second-order valence-electron chi connectivity index (χ2n) is 8.40. The van der Waals surface area contributed by atoms with E-state index < -0.39 is 0 Å². The lowest BCUT2D eigenvalue weighted by Gasteiger charge is -2.25. The van der Waals surface area contributed by atoms with E-state index in [9.17, 15) is 0 Å². The summed E-state index contributed by atoms with van der Waals surface area (Å²) in [6.45, 7) is 0. The first-order chi connectivity index (χ1) is 17.8. The van der Waals surface area contributed by atoms with Gasteiger partial charge in [0.1, 0.15) is 16.8 Å². The number of aromatic nitrogens is 2. The zero-order chi connectivity index (χ0) is 24.3. The van der Waals surface area contributed by atoms with Gasteiger partial charge in [-0.2, -0.15) is 8.75 Å². The lowest BCUT2D eigenvalue weighted by atomic mass is 9.97. The highest BCUT2D eigenvalue weighted by molar-refractivity contribution is 7.00. The van der Waals surface area contributed by atoms with Crippen molar-refractivity contribution in [2.45, 2.75) is 0 Å². The van der Waals surface area contributed by atoms with E-state index in [0.29, 0.717) is 0 Å². The van der Waals surface area contributed by atoms with Crippen LogP contribution in [0.5, 0.6) is 5.75 Å². The zero-order valence-electron chi connectivity index (χ0n) is 19.7. The fourth-order valence-electron chi connectivity index (χ4n) is 4.49. The van der Waals surface area contributed by atoms with Crippen LogP contribution in [0.2, 0.25) is 0 Å². The molecule has 0 aliphatic rings. The summed E-state index contributed by atoms with van der Waals surface area (Å²) < 4.78 is 14.6. The number of rotatable bonds is 6. The van der Waals surface area contributed by atoms with Crippen molar-refractivity contribution in [3.05, 3.63) is 121 Å². The molecular formula is C31H23N3OS. The Kier molecular flexibility index (Phi) is 5.90. The van der Waals surface area contributed by atoms with Crippen LogP contribution >= 0.6 is 11.7 Å². The van der Waals surface area contributed by atoms with Crippen molar-refractivity contribution in [2.75, 3.05) is 12.0 Å². The highest BCUT2D eigenvalue weighted by Crippen LogP contribution is 2.38. The Hall–Kier alpha value is -4.48. The van der Waals surface area contributed by atoms with E-state index in [1.54, 1.807) is 7.11 Å². The molecule has 6 rings (SSSR count). The first-order valence-corrected chi connectivity index (χ1v) is 12.5. The van der Waals surface area contributed by atoms with Crippen molar-refractivity contribution in [3.63, 3.8) is 0 Å². The van der Waals surface area contributed by atoms with Crippen LogP contribution < -0.4 is 9.64 Å². The summed E-state index contributed by atoms with van der Waals surface area (Å²) in [7, 11) is 1.68. The van der Waals surface area contributed by atoms with Gasteiger partial charge in [0, 0.05) is 28.2 Å². The maximum Gasteiger partial charge on any atom is 0.118 e. The molecule has 174 valence electrons. The Bertz CT molecular complexity index is 1560. The average molecular weight is 486 g/mol. The lowest BCUT2D eigenvalue weighted by molar-refractivity contribution is 0.415. The minimum Gasteiger partial charge on any atom is -0.497 e. The highest BCUT2D eigenvalue weighted by atomic mass is 32.1. The Morgan fingerprint density at radius 1 is 0.528 bits per heavy atom. The van der Waals surface area contributed by atoms with Crippen molar-refractivity contribution < 1.29 is 4.74 Å². The van der Waals surface area contributed by atoms with E-state index in [-0.39, 0.29) is 0 Å². The number of methoxy groups -OCH3 is 1. The highest BCUT2D eigenvalue weighted by Gasteiger charge is 2.15. The number of hydrogen-bond acceptors (Lipinski definition) is 5. The number of anilines is 3. The third kappa shape index (κ3) is 4.10. The predicted molar refractivity (Wildman–Crippen MR) is 150 cm³/mol. The third-order valence-electron chi connectivity index (χ3n) is 6.28. The summed E-state index contributed by atoms with van der Waals surface area (Å²) in [5.41, 5.74) is 9.52. The molecule has 0 atom stereocenters. The molecule has 1 aromatic heterocycles. The first kappa shape index (κ1) is 22.0. The Morgan fingerprint density at radius 3 is 1.44 bits per heavy atom. The van der Waals surface area contributed by atoms with Gasteiger partial charge in [0.2, 0.25) is 0 Å². The van der Waals surface area contributed by atoms with Gasteiger partial charge in [0.05, 0.1) is 18.8 Å². The molecule has 0 saturated carbocycles. The van der Waals surface area contributed by atoms with Crippen LogP contribution in [-0.2, 0) is 0 Å². The van der Waals surface area contributed by atoms with E-state index in [4.69, 9.17) is 4.74 Å². The monoisotopic (exact) mass is 485 g/mol. The molecular weight excluding hydrogens is 462 g/mol. The van der Waals surface area contributed by atoms with Gasteiger partial charge in [-0.1, -0.05) is 72.8 Å². The summed E-state index contributed by atoms with van der Waals surface area (Å²) >= 11 is 1.25. The number of hydrogen-bond donors (Lipinski definition) is 0. The summed E-state index contributed by atoms with van der Waals surface area (Å²) in [5.74, 6) is 0.836. The molecule has 1 heterocycles. The molecule has 0 aliphatic heterocycles. The molecule has 0 radical (unpaired) electrons. The molecule has 0 unspecified atom stereocenters. The minimum absolute atomic E-state index is 0.836. The molecule has 0 bridgehead atoms. The summed E-state index contributed by atoms with van der Waals surface area (Å²) in [6.07, 6.45) is 0. The van der Waals surface area contributed by atoms with E-state index in [1.807, 2.05) is 24.3 Å². The molecule has 0 saturated heterocycles. The SMILES string of the molecule is COc1ccc(-c2ccc(-c3ccc(N(c4ccccc4)c4ccccc4)cc3)c3nsnc23)cc1. The van der Waals surface area contributed by atoms with Crippen LogP contribution in [0.25, 0.3) is 33.3 Å². The lowest BCUT2D eigenvalue weighted by Crippen LogP contribution is -2.09. The van der Waals surface area contributed by atoms with Crippen LogP contribution in [0.1, 0.15) is 0 Å². The van der Waals surface area contributed by atoms with E-state index in [1.165, 1.54) is 11.7 Å². The van der Waals surface area contributed by atoms with Gasteiger partial charge < -0.3 is 9.64 Å². The Morgan fingerprint density at radius 2 is 0.972 bits per heavy atom. The zero-order valence-corrected chi connectivity index (χ0v) is 20.5. The molecule has 0 spiro atoms. The van der Waals surface area contributed by atoms with Crippen LogP contribution in [0.4, 0.5) is 17.1 Å². The smallest absolute Gasteiger partial charge is 0.118 e. The molecule has 4 nitrogen and oxygen atoms in total. The van der Waals surface area contributed by atoms with Crippen molar-refractivity contribution >= 4 is 39.8 Å². The number of ether oxygens (including phenoxy) is 1. The molecule has 36 heavy (non-hydrogen) atoms. The van der Waals surface area contributed by atoms with Gasteiger partial charge in [-0.25, -0.2) is 0 Å². The van der Waals surface area contributed by atoms with Gasteiger partial charge in [-0.05, 0) is 59.7 Å². The van der Waals surface area contributed by atoms with E-state index in [2.05, 4.69) is 111 Å². The van der Waals surface area contributed by atoms with Crippen molar-refractivity contribution in [2.24, 2.45) is 0 Å². The van der Waals surface area contributed by atoms with Crippen molar-refractivity contribution in [1.29, 1.82) is 0 Å². The Labute approximate surface area is 214 Å². The minimum atomic E-state index is 0.836. The van der Waals surface area contributed by atoms with Crippen LogP contribution in [0.15, 0.2) is 121 Å². The number of fused-ring (bicyclic) bond motifs is 1. The maximum atomic E-state index is 5.31. The number of benzene rings is 5. The van der Waals surface area contributed by atoms with Crippen LogP contribution in [0, 0.1) is 0 Å². The normalized spacial score (nSPS) is 10.9. The predicted octanol–water partition coefficient (Wildman–Crippen LogP) is 8.50. The molecule has 5 aromatic carbocycles. The molecule has 0 aliphatic carbocycles. The van der Waals surface area contributed by atoms with Gasteiger partial charge in [-0.15, -0.1) is 0 Å². The number of nitrogens with zero attached hydrogens (tertiary/aromatic N) is 3. The number of para-hydroxylation sites is 2. The summed E-state index contributed by atoms with van der Waals surface area (Å²) in [6, 6.07) is 41.8. The molecule has 0 fully saturated rings. The molecule has 6 aromatic rings. The van der Waals surface area contributed by atoms with Gasteiger partial charge in [0.15, 0.2) is 0 Å². The van der Waals surface area contributed by atoms with Crippen LogP contribution in [0.3, 0.4) is 0 Å². The molecule has 0 amide bonds. The Balaban J connectivity index is 1.39. The van der Waals surface area contributed by atoms with Gasteiger partial charge >= 0.3 is 0 Å². The van der Waals surface area contributed by atoms with Gasteiger partial charge in [0.25, 0.3) is 0 Å². The topological polar surface area (TPSA) is 38.2 Å². The van der Waals surface area contributed by atoms with E-state index in [0.717, 1.165) is 56.1 Å². The summed E-state index contributed by atoms with van der Waals surface area (Å²) in [4.78, 5) is 2.26. The van der Waals surface area contributed by atoms with Gasteiger partial charge in [-0.3, -0.25) is 0 Å².